The quantitative estimate of drug-likeness (QED) is 0.740. The van der Waals surface area contributed by atoms with Gasteiger partial charge >= 0.3 is 0 Å². The first-order valence-electron chi connectivity index (χ1n) is 10.6. The number of nitrogens with one attached hydrogen (secondary N) is 1. The van der Waals surface area contributed by atoms with Crippen LogP contribution in [0.2, 0.25) is 0 Å². The first kappa shape index (κ1) is 22.8. The highest BCUT2D eigenvalue weighted by Gasteiger charge is 2.20. The number of methoxy groups -OCH3 is 1. The van der Waals surface area contributed by atoms with Crippen molar-refractivity contribution in [1.82, 2.24) is 14.7 Å². The normalized spacial score (nSPS) is 14.8. The maximum Gasteiger partial charge on any atom is 0.253 e. The van der Waals surface area contributed by atoms with Gasteiger partial charge in [0.1, 0.15) is 5.75 Å². The van der Waals surface area contributed by atoms with Crippen molar-refractivity contribution in [1.29, 1.82) is 0 Å². The molecule has 1 saturated heterocycles. The van der Waals surface area contributed by atoms with E-state index in [4.69, 9.17) is 4.74 Å². The lowest BCUT2D eigenvalue weighted by Gasteiger charge is -2.34. The van der Waals surface area contributed by atoms with E-state index in [1.807, 2.05) is 6.07 Å². The van der Waals surface area contributed by atoms with Crippen molar-refractivity contribution in [3.63, 3.8) is 0 Å². The Morgan fingerprint density at radius 2 is 1.65 bits per heavy atom. The first-order valence-corrected chi connectivity index (χ1v) is 10.6. The number of nitrogens with zero attached hydrogens (tertiary/aromatic N) is 3. The van der Waals surface area contributed by atoms with E-state index in [9.17, 15) is 9.59 Å². The summed E-state index contributed by atoms with van der Waals surface area (Å²) < 4.78 is 5.49. The number of carbonyl (C=O) groups is 2. The summed E-state index contributed by atoms with van der Waals surface area (Å²) in [4.78, 5) is 30.5. The molecule has 0 radical (unpaired) electrons. The zero-order valence-electron chi connectivity index (χ0n) is 18.9. The second kappa shape index (κ2) is 10.4. The van der Waals surface area contributed by atoms with Gasteiger partial charge in [-0.2, -0.15) is 0 Å². The molecule has 0 atom stereocenters. The molecule has 1 heterocycles. The Hall–Kier alpha value is -2.90. The molecular weight excluding hydrogens is 392 g/mol. The van der Waals surface area contributed by atoms with Crippen molar-refractivity contribution in [3.05, 3.63) is 59.2 Å². The van der Waals surface area contributed by atoms with Crippen LogP contribution >= 0.6 is 0 Å². The minimum atomic E-state index is -0.0565. The monoisotopic (exact) mass is 424 g/mol. The lowest BCUT2D eigenvalue weighted by molar-refractivity contribution is -0.117. The van der Waals surface area contributed by atoms with Crippen molar-refractivity contribution < 1.29 is 14.3 Å². The zero-order chi connectivity index (χ0) is 22.4. The molecule has 7 heteroatoms. The molecule has 31 heavy (non-hydrogen) atoms. The van der Waals surface area contributed by atoms with E-state index in [-0.39, 0.29) is 11.8 Å². The predicted octanol–water partition coefficient (Wildman–Crippen LogP) is 2.46. The maximum absolute atomic E-state index is 12.4. The second-order valence-corrected chi connectivity index (χ2v) is 8.19. The number of aryl methyl sites for hydroxylation is 1. The molecule has 0 saturated carbocycles. The van der Waals surface area contributed by atoms with E-state index in [0.717, 1.165) is 38.5 Å². The van der Waals surface area contributed by atoms with Crippen LogP contribution in [0.5, 0.6) is 5.75 Å². The van der Waals surface area contributed by atoms with Gasteiger partial charge in [0.15, 0.2) is 0 Å². The van der Waals surface area contributed by atoms with E-state index in [0.29, 0.717) is 17.8 Å². The second-order valence-electron chi connectivity index (χ2n) is 8.19. The fourth-order valence-electron chi connectivity index (χ4n) is 3.74. The third-order valence-corrected chi connectivity index (χ3v) is 5.48. The highest BCUT2D eigenvalue weighted by Crippen LogP contribution is 2.22. The average molecular weight is 425 g/mol. The van der Waals surface area contributed by atoms with Crippen LogP contribution in [0.1, 0.15) is 21.5 Å². The first-order chi connectivity index (χ1) is 14.9. The molecule has 1 fully saturated rings. The van der Waals surface area contributed by atoms with Crippen LogP contribution in [-0.2, 0) is 11.3 Å². The van der Waals surface area contributed by atoms with Crippen LogP contribution < -0.4 is 10.1 Å². The topological polar surface area (TPSA) is 65.1 Å². The number of ether oxygens (including phenoxy) is 1. The summed E-state index contributed by atoms with van der Waals surface area (Å²) in [6, 6.07) is 13.3. The minimum absolute atomic E-state index is 0.0412. The standard InChI is InChI=1S/C24H32N4O3/c1-18-5-10-22(31-4)20(15-18)16-27-11-13-28(14-12-27)17-23(29)25-21-8-6-19(7-9-21)24(30)26(2)3/h5-10,15H,11-14,16-17H2,1-4H3,(H,25,29). The summed E-state index contributed by atoms with van der Waals surface area (Å²) in [5, 5.41) is 2.92. The summed E-state index contributed by atoms with van der Waals surface area (Å²) >= 11 is 0. The van der Waals surface area contributed by atoms with Crippen molar-refractivity contribution in [2.75, 3.05) is 59.2 Å². The van der Waals surface area contributed by atoms with Gasteiger partial charge in [-0.25, -0.2) is 0 Å². The number of rotatable bonds is 7. The molecule has 2 amide bonds. The number of hydrogen-bond acceptors (Lipinski definition) is 5. The Bertz CT molecular complexity index is 904. The molecule has 1 aliphatic heterocycles. The Morgan fingerprint density at radius 3 is 2.26 bits per heavy atom. The van der Waals surface area contributed by atoms with Crippen LogP contribution in [0, 0.1) is 6.92 Å². The fraction of sp³-hybridized carbons (Fsp3) is 0.417. The van der Waals surface area contributed by atoms with Crippen molar-refractivity contribution in [3.8, 4) is 5.75 Å². The van der Waals surface area contributed by atoms with Gasteiger partial charge in [0.25, 0.3) is 5.91 Å². The highest BCUT2D eigenvalue weighted by atomic mass is 16.5. The van der Waals surface area contributed by atoms with Gasteiger partial charge < -0.3 is 15.0 Å². The van der Waals surface area contributed by atoms with Gasteiger partial charge in [-0.15, -0.1) is 0 Å². The number of carbonyl (C=O) groups excluding carboxylic acids is 2. The van der Waals surface area contributed by atoms with Gasteiger partial charge in [0.05, 0.1) is 13.7 Å². The molecule has 3 rings (SSSR count). The molecule has 166 valence electrons. The lowest BCUT2D eigenvalue weighted by Crippen LogP contribution is -2.48. The zero-order valence-corrected chi connectivity index (χ0v) is 18.9. The van der Waals surface area contributed by atoms with E-state index in [1.165, 1.54) is 16.0 Å². The number of hydrogen-bond donors (Lipinski definition) is 1. The van der Waals surface area contributed by atoms with E-state index in [2.05, 4.69) is 34.2 Å². The smallest absolute Gasteiger partial charge is 0.253 e. The SMILES string of the molecule is COc1ccc(C)cc1CN1CCN(CC(=O)Nc2ccc(C(=O)N(C)C)cc2)CC1. The van der Waals surface area contributed by atoms with E-state index < -0.39 is 0 Å². The number of piperazine rings is 1. The summed E-state index contributed by atoms with van der Waals surface area (Å²) in [6.07, 6.45) is 0. The van der Waals surface area contributed by atoms with Gasteiger partial charge in [-0.3, -0.25) is 19.4 Å². The molecule has 2 aromatic carbocycles. The molecule has 0 aromatic heterocycles. The van der Waals surface area contributed by atoms with Crippen molar-refractivity contribution in [2.45, 2.75) is 13.5 Å². The third kappa shape index (κ3) is 6.29. The molecule has 2 aromatic rings. The summed E-state index contributed by atoms with van der Waals surface area (Å²) in [6.45, 7) is 6.81. The van der Waals surface area contributed by atoms with Crippen LogP contribution in [0.25, 0.3) is 0 Å². The summed E-state index contributed by atoms with van der Waals surface area (Å²) in [5.74, 6) is 0.824. The van der Waals surface area contributed by atoms with Crippen molar-refractivity contribution in [2.24, 2.45) is 0 Å². The van der Waals surface area contributed by atoms with E-state index >= 15 is 0 Å². The molecule has 1 N–H and O–H groups in total. The Balaban J connectivity index is 1.46. The summed E-state index contributed by atoms with van der Waals surface area (Å²) in [5.41, 5.74) is 3.73. The molecule has 0 bridgehead atoms. The maximum atomic E-state index is 12.4. The van der Waals surface area contributed by atoms with E-state index in [1.54, 1.807) is 45.5 Å². The molecule has 0 spiro atoms. The number of benzene rings is 2. The molecule has 0 aliphatic carbocycles. The Labute approximate surface area is 184 Å². The highest BCUT2D eigenvalue weighted by molar-refractivity contribution is 5.96. The van der Waals surface area contributed by atoms with Crippen LogP contribution in [0.4, 0.5) is 5.69 Å². The number of anilines is 1. The minimum Gasteiger partial charge on any atom is -0.496 e. The summed E-state index contributed by atoms with van der Waals surface area (Å²) in [7, 11) is 5.14. The van der Waals surface area contributed by atoms with Crippen molar-refractivity contribution >= 4 is 17.5 Å². The predicted molar refractivity (Wildman–Crippen MR) is 123 cm³/mol. The van der Waals surface area contributed by atoms with Gasteiger partial charge in [-0.05, 0) is 37.3 Å². The Morgan fingerprint density at radius 1 is 1.00 bits per heavy atom. The molecule has 7 nitrogen and oxygen atoms in total. The van der Waals surface area contributed by atoms with Crippen LogP contribution in [0.3, 0.4) is 0 Å². The third-order valence-electron chi connectivity index (χ3n) is 5.48. The van der Waals surface area contributed by atoms with Gasteiger partial charge in [0, 0.05) is 63.6 Å². The van der Waals surface area contributed by atoms with Crippen LogP contribution in [0.15, 0.2) is 42.5 Å². The Kier molecular flexibility index (Phi) is 7.65. The lowest BCUT2D eigenvalue weighted by atomic mass is 10.1. The molecule has 0 unspecified atom stereocenters. The largest absolute Gasteiger partial charge is 0.496 e. The number of amides is 2. The van der Waals surface area contributed by atoms with Crippen LogP contribution in [-0.4, -0.2) is 80.4 Å². The van der Waals surface area contributed by atoms with Gasteiger partial charge in [-0.1, -0.05) is 17.7 Å². The molecule has 1 aliphatic rings. The average Bonchev–Trinajstić information content (AvgIpc) is 2.75. The fourth-order valence-corrected chi connectivity index (χ4v) is 3.74. The molecular formula is C24H32N4O3. The van der Waals surface area contributed by atoms with Gasteiger partial charge in [0.2, 0.25) is 5.91 Å².